The van der Waals surface area contributed by atoms with Gasteiger partial charge in [-0.1, -0.05) is 53.2 Å². The minimum atomic E-state index is -0.925. The van der Waals surface area contributed by atoms with E-state index in [1.807, 2.05) is 44.2 Å². The molecule has 0 saturated heterocycles. The largest absolute Gasteiger partial charge is 0.325 e. The second kappa shape index (κ2) is 9.18. The summed E-state index contributed by atoms with van der Waals surface area (Å²) >= 11 is 7.23. The smallest absolute Gasteiger partial charge is 0.257 e. The molecule has 0 bridgehead atoms. The van der Waals surface area contributed by atoms with Crippen LogP contribution in [0.25, 0.3) is 0 Å². The highest BCUT2D eigenvalue weighted by Gasteiger charge is 2.35. The van der Waals surface area contributed by atoms with Gasteiger partial charge in [0.15, 0.2) is 5.16 Å². The van der Waals surface area contributed by atoms with Crippen molar-refractivity contribution >= 4 is 46.7 Å². The first-order chi connectivity index (χ1) is 15.3. The van der Waals surface area contributed by atoms with Gasteiger partial charge < -0.3 is 15.6 Å². The summed E-state index contributed by atoms with van der Waals surface area (Å²) in [5.74, 6) is -1.01. The number of nitrogens with zero attached hydrogens (tertiary/aromatic N) is 1. The van der Waals surface area contributed by atoms with Crippen LogP contribution in [0.5, 0.6) is 0 Å². The van der Waals surface area contributed by atoms with Crippen molar-refractivity contribution in [3.8, 4) is 0 Å². The molecule has 1 aliphatic heterocycles. The van der Waals surface area contributed by atoms with Gasteiger partial charge in [0, 0.05) is 22.9 Å². The second-order valence-electron chi connectivity index (χ2n) is 7.66. The molecule has 1 atom stereocenters. The first kappa shape index (κ1) is 22.1. The highest BCUT2D eigenvalue weighted by atomic mass is 35.5. The van der Waals surface area contributed by atoms with Gasteiger partial charge in [-0.15, -0.1) is 0 Å². The number of halogens is 1. The molecule has 164 valence electrons. The predicted octanol–water partition coefficient (Wildman–Crippen LogP) is 4.40. The number of amides is 2. The standard InChI is InChI=1S/C23H21ClN4O3S/c1-12-3-8-17(13(2)9-12)25-21(30)16-10-18(29)26-20-19(16)22(31)28-23(27-20)32-11-14-4-6-15(24)7-5-14/h3-9,16H,10-11H2,1-2H3,(H,25,30)(H2,26,27,28,29,31)/t16-/m1/s1. The first-order valence-electron chi connectivity index (χ1n) is 9.99. The number of hydrogen-bond donors (Lipinski definition) is 3. The molecule has 7 nitrogen and oxygen atoms in total. The molecule has 0 radical (unpaired) electrons. The molecule has 4 rings (SSSR count). The van der Waals surface area contributed by atoms with E-state index >= 15 is 0 Å². The SMILES string of the molecule is Cc1ccc(NC(=O)[C@@H]2CC(=O)Nc3nc(SCc4ccc(Cl)cc4)[nH]c(=O)c32)c(C)c1. The Bertz CT molecular complexity index is 1260. The molecule has 32 heavy (non-hydrogen) atoms. The van der Waals surface area contributed by atoms with E-state index in [-0.39, 0.29) is 23.7 Å². The molecule has 2 aromatic carbocycles. The van der Waals surface area contributed by atoms with E-state index in [0.717, 1.165) is 16.7 Å². The van der Waals surface area contributed by atoms with Crippen LogP contribution in [0.3, 0.4) is 0 Å². The maximum Gasteiger partial charge on any atom is 0.257 e. The molecule has 0 fully saturated rings. The van der Waals surface area contributed by atoms with E-state index < -0.39 is 17.4 Å². The highest BCUT2D eigenvalue weighted by Crippen LogP contribution is 2.31. The third kappa shape index (κ3) is 4.87. The van der Waals surface area contributed by atoms with Gasteiger partial charge in [-0.25, -0.2) is 4.98 Å². The lowest BCUT2D eigenvalue weighted by Crippen LogP contribution is -2.36. The first-order valence-corrected chi connectivity index (χ1v) is 11.4. The fourth-order valence-electron chi connectivity index (χ4n) is 3.55. The van der Waals surface area contributed by atoms with Crippen LogP contribution >= 0.6 is 23.4 Å². The van der Waals surface area contributed by atoms with Crippen molar-refractivity contribution in [2.45, 2.75) is 37.1 Å². The third-order valence-electron chi connectivity index (χ3n) is 5.17. The molecule has 3 aromatic rings. The summed E-state index contributed by atoms with van der Waals surface area (Å²) in [6.45, 7) is 3.86. The summed E-state index contributed by atoms with van der Waals surface area (Å²) in [6.07, 6.45) is -0.119. The van der Waals surface area contributed by atoms with Crippen molar-refractivity contribution in [1.82, 2.24) is 9.97 Å². The maximum atomic E-state index is 13.0. The number of anilines is 2. The van der Waals surface area contributed by atoms with Gasteiger partial charge in [0.1, 0.15) is 5.82 Å². The minimum absolute atomic E-state index is 0.119. The Hall–Kier alpha value is -3.10. The van der Waals surface area contributed by atoms with Crippen molar-refractivity contribution in [3.63, 3.8) is 0 Å². The molecule has 0 aliphatic carbocycles. The zero-order valence-electron chi connectivity index (χ0n) is 17.5. The Labute approximate surface area is 194 Å². The average Bonchev–Trinajstić information content (AvgIpc) is 2.74. The Morgan fingerprint density at radius 1 is 1.19 bits per heavy atom. The number of fused-ring (bicyclic) bond motifs is 1. The van der Waals surface area contributed by atoms with Crippen molar-refractivity contribution in [3.05, 3.63) is 80.1 Å². The molecule has 1 aromatic heterocycles. The number of carbonyl (C=O) groups excluding carboxylic acids is 2. The van der Waals surface area contributed by atoms with Crippen LogP contribution in [0, 0.1) is 13.8 Å². The maximum absolute atomic E-state index is 13.0. The van der Waals surface area contributed by atoms with Gasteiger partial charge in [0.05, 0.1) is 11.5 Å². The number of nitrogens with one attached hydrogen (secondary N) is 3. The zero-order chi connectivity index (χ0) is 22.8. The number of benzene rings is 2. The summed E-state index contributed by atoms with van der Waals surface area (Å²) in [5.41, 5.74) is 3.37. The molecule has 0 saturated carbocycles. The quantitative estimate of drug-likeness (QED) is 0.380. The van der Waals surface area contributed by atoms with Gasteiger partial charge in [-0.3, -0.25) is 14.4 Å². The lowest BCUT2D eigenvalue weighted by atomic mass is 9.92. The average molecular weight is 469 g/mol. The predicted molar refractivity (Wildman–Crippen MR) is 126 cm³/mol. The Balaban J connectivity index is 1.57. The molecule has 1 aliphatic rings. The minimum Gasteiger partial charge on any atom is -0.325 e. The van der Waals surface area contributed by atoms with Crippen LogP contribution in [-0.2, 0) is 15.3 Å². The number of carbonyl (C=O) groups is 2. The Morgan fingerprint density at radius 2 is 1.94 bits per heavy atom. The lowest BCUT2D eigenvalue weighted by Gasteiger charge is -2.24. The number of hydrogen-bond acceptors (Lipinski definition) is 5. The van der Waals surface area contributed by atoms with E-state index in [2.05, 4.69) is 20.6 Å². The molecular formula is C23H21ClN4O3S. The van der Waals surface area contributed by atoms with Gasteiger partial charge in [-0.2, -0.15) is 0 Å². The van der Waals surface area contributed by atoms with Crippen LogP contribution in [0.15, 0.2) is 52.4 Å². The van der Waals surface area contributed by atoms with Crippen LogP contribution in [0.4, 0.5) is 11.5 Å². The fourth-order valence-corrected chi connectivity index (χ4v) is 4.49. The van der Waals surface area contributed by atoms with Gasteiger partial charge in [-0.05, 0) is 43.2 Å². The van der Waals surface area contributed by atoms with Crippen LogP contribution < -0.4 is 16.2 Å². The van der Waals surface area contributed by atoms with Gasteiger partial charge in [0.2, 0.25) is 11.8 Å². The number of aryl methyl sites for hydroxylation is 2. The van der Waals surface area contributed by atoms with Gasteiger partial charge >= 0.3 is 0 Å². The van der Waals surface area contributed by atoms with E-state index in [9.17, 15) is 14.4 Å². The Kier molecular flexibility index (Phi) is 6.34. The molecule has 2 amide bonds. The number of rotatable bonds is 5. The third-order valence-corrected chi connectivity index (χ3v) is 6.37. The van der Waals surface area contributed by atoms with Crippen LogP contribution in [0.2, 0.25) is 5.02 Å². The molecule has 0 unspecified atom stereocenters. The van der Waals surface area contributed by atoms with E-state index in [1.54, 1.807) is 12.1 Å². The molecule has 3 N–H and O–H groups in total. The summed E-state index contributed by atoms with van der Waals surface area (Å²) in [4.78, 5) is 45.3. The van der Waals surface area contributed by atoms with Crippen LogP contribution in [0.1, 0.15) is 34.6 Å². The molecule has 0 spiro atoms. The normalized spacial score (nSPS) is 15.1. The molecule has 2 heterocycles. The number of aromatic nitrogens is 2. The summed E-state index contributed by atoms with van der Waals surface area (Å²) in [5, 5.41) is 6.49. The highest BCUT2D eigenvalue weighted by molar-refractivity contribution is 7.98. The summed E-state index contributed by atoms with van der Waals surface area (Å²) in [6, 6.07) is 13.0. The number of H-pyrrole nitrogens is 1. The van der Waals surface area contributed by atoms with E-state index in [4.69, 9.17) is 11.6 Å². The monoisotopic (exact) mass is 468 g/mol. The topological polar surface area (TPSA) is 104 Å². The summed E-state index contributed by atoms with van der Waals surface area (Å²) < 4.78 is 0. The van der Waals surface area contributed by atoms with Gasteiger partial charge in [0.25, 0.3) is 5.56 Å². The fraction of sp³-hybridized carbons (Fsp3) is 0.217. The molecule has 9 heteroatoms. The van der Waals surface area contributed by atoms with Crippen molar-refractivity contribution in [2.24, 2.45) is 0 Å². The second-order valence-corrected chi connectivity index (χ2v) is 9.06. The van der Waals surface area contributed by atoms with E-state index in [0.29, 0.717) is 21.6 Å². The molecular weight excluding hydrogens is 448 g/mol. The van der Waals surface area contributed by atoms with Crippen molar-refractivity contribution in [1.29, 1.82) is 0 Å². The number of thioether (sulfide) groups is 1. The van der Waals surface area contributed by atoms with Crippen molar-refractivity contribution in [2.75, 3.05) is 10.6 Å². The summed E-state index contributed by atoms with van der Waals surface area (Å²) in [7, 11) is 0. The van der Waals surface area contributed by atoms with E-state index in [1.165, 1.54) is 11.8 Å². The number of aromatic amines is 1. The van der Waals surface area contributed by atoms with Crippen molar-refractivity contribution < 1.29 is 9.59 Å². The zero-order valence-corrected chi connectivity index (χ0v) is 19.1. The lowest BCUT2D eigenvalue weighted by molar-refractivity contribution is -0.123. The van der Waals surface area contributed by atoms with Crippen LogP contribution in [-0.4, -0.2) is 21.8 Å². The Morgan fingerprint density at radius 3 is 2.66 bits per heavy atom.